The zero-order valence-electron chi connectivity index (χ0n) is 11.2. The fourth-order valence-electron chi connectivity index (χ4n) is 3.06. The molecule has 110 valence electrons. The second-order valence-electron chi connectivity index (χ2n) is 5.40. The van der Waals surface area contributed by atoms with Crippen molar-refractivity contribution in [2.75, 3.05) is 19.6 Å². The summed E-state index contributed by atoms with van der Waals surface area (Å²) in [5, 5.41) is 0.0533. The molecule has 2 aliphatic rings. The van der Waals surface area contributed by atoms with Crippen molar-refractivity contribution in [3.05, 3.63) is 17.7 Å². The molecule has 0 N–H and O–H groups in total. The maximum atomic E-state index is 12.7. The number of fused-ring (bicyclic) bond motifs is 1. The normalized spacial score (nSPS) is 28.5. The van der Waals surface area contributed by atoms with Gasteiger partial charge in [0.1, 0.15) is 4.90 Å². The first-order chi connectivity index (χ1) is 9.48. The zero-order chi connectivity index (χ0) is 14.3. The Morgan fingerprint density at radius 3 is 2.70 bits per heavy atom. The van der Waals surface area contributed by atoms with Gasteiger partial charge in [-0.3, -0.25) is 4.90 Å². The molecule has 2 atom stereocenters. The van der Waals surface area contributed by atoms with Gasteiger partial charge in [0.2, 0.25) is 15.3 Å². The number of rotatable bonds is 2. The number of halogens is 1. The van der Waals surface area contributed by atoms with Gasteiger partial charge in [0, 0.05) is 25.2 Å². The van der Waals surface area contributed by atoms with Crippen molar-refractivity contribution in [1.29, 1.82) is 0 Å². The summed E-state index contributed by atoms with van der Waals surface area (Å²) in [7, 11) is -3.54. The number of hydrogen-bond donors (Lipinski definition) is 0. The minimum absolute atomic E-state index is 0.0370. The van der Waals surface area contributed by atoms with Gasteiger partial charge in [-0.25, -0.2) is 18.4 Å². The summed E-state index contributed by atoms with van der Waals surface area (Å²) in [6.07, 6.45) is 4.77. The average Bonchev–Trinajstić information content (AvgIpc) is 2.85. The van der Waals surface area contributed by atoms with Gasteiger partial charge in [0.25, 0.3) is 0 Å². The minimum atomic E-state index is -3.54. The van der Waals surface area contributed by atoms with Crippen molar-refractivity contribution in [2.24, 2.45) is 0 Å². The van der Waals surface area contributed by atoms with Crippen molar-refractivity contribution < 1.29 is 8.42 Å². The molecule has 0 aliphatic carbocycles. The zero-order valence-corrected chi connectivity index (χ0v) is 12.8. The van der Waals surface area contributed by atoms with Crippen molar-refractivity contribution in [3.63, 3.8) is 0 Å². The third kappa shape index (κ3) is 2.43. The van der Waals surface area contributed by atoms with Crippen LogP contribution in [0.3, 0.4) is 0 Å². The van der Waals surface area contributed by atoms with E-state index in [-0.39, 0.29) is 16.2 Å². The van der Waals surface area contributed by atoms with Gasteiger partial charge in [0.15, 0.2) is 0 Å². The Kier molecular flexibility index (Phi) is 3.70. The molecule has 3 heterocycles. The van der Waals surface area contributed by atoms with Crippen LogP contribution in [-0.4, -0.2) is 59.3 Å². The second kappa shape index (κ2) is 5.22. The Labute approximate surface area is 123 Å². The maximum Gasteiger partial charge on any atom is 0.246 e. The van der Waals surface area contributed by atoms with Crippen LogP contribution in [-0.2, 0) is 10.0 Å². The Morgan fingerprint density at radius 2 is 2.00 bits per heavy atom. The number of aromatic nitrogens is 2. The molecular weight excluding hydrogens is 300 g/mol. The molecule has 2 fully saturated rings. The SMILES string of the molecule is CC1CN2CCCC2CN1S(=O)(=O)c1cnc(Cl)nc1. The fraction of sp³-hybridized carbons (Fsp3) is 0.667. The van der Waals surface area contributed by atoms with Gasteiger partial charge in [0.05, 0.1) is 12.4 Å². The lowest BCUT2D eigenvalue weighted by Gasteiger charge is -2.41. The van der Waals surface area contributed by atoms with Gasteiger partial charge >= 0.3 is 0 Å². The Hall–Kier alpha value is -0.760. The largest absolute Gasteiger partial charge is 0.297 e. The first-order valence-electron chi connectivity index (χ1n) is 6.72. The molecule has 0 spiro atoms. The first-order valence-corrected chi connectivity index (χ1v) is 8.54. The van der Waals surface area contributed by atoms with Gasteiger partial charge in [-0.1, -0.05) is 0 Å². The summed E-state index contributed by atoms with van der Waals surface area (Å²) >= 11 is 5.61. The van der Waals surface area contributed by atoms with Crippen LogP contribution in [0.25, 0.3) is 0 Å². The molecule has 0 amide bonds. The molecule has 0 radical (unpaired) electrons. The molecular formula is C12H17ClN4O2S. The van der Waals surface area contributed by atoms with Crippen LogP contribution in [0.4, 0.5) is 0 Å². The lowest BCUT2D eigenvalue weighted by Crippen LogP contribution is -2.56. The monoisotopic (exact) mass is 316 g/mol. The van der Waals surface area contributed by atoms with Crippen LogP contribution < -0.4 is 0 Å². The molecule has 1 aromatic rings. The highest BCUT2D eigenvalue weighted by molar-refractivity contribution is 7.89. The van der Waals surface area contributed by atoms with E-state index in [2.05, 4.69) is 14.9 Å². The highest BCUT2D eigenvalue weighted by Crippen LogP contribution is 2.28. The average molecular weight is 317 g/mol. The van der Waals surface area contributed by atoms with E-state index < -0.39 is 10.0 Å². The molecule has 3 rings (SSSR count). The van der Waals surface area contributed by atoms with Crippen LogP contribution in [0.1, 0.15) is 19.8 Å². The molecule has 1 aromatic heterocycles. The fourth-order valence-corrected chi connectivity index (χ4v) is 4.71. The summed E-state index contributed by atoms with van der Waals surface area (Å²) in [6.45, 7) is 4.36. The topological polar surface area (TPSA) is 66.4 Å². The Balaban J connectivity index is 1.88. The van der Waals surface area contributed by atoms with Crippen molar-refractivity contribution in [1.82, 2.24) is 19.2 Å². The van der Waals surface area contributed by atoms with Crippen LogP contribution >= 0.6 is 11.6 Å². The van der Waals surface area contributed by atoms with Crippen LogP contribution in [0.15, 0.2) is 17.3 Å². The second-order valence-corrected chi connectivity index (χ2v) is 7.63. The lowest BCUT2D eigenvalue weighted by atomic mass is 10.1. The third-order valence-corrected chi connectivity index (χ3v) is 6.21. The highest BCUT2D eigenvalue weighted by Gasteiger charge is 2.40. The molecule has 2 aliphatic heterocycles. The van der Waals surface area contributed by atoms with Crippen molar-refractivity contribution in [3.8, 4) is 0 Å². The number of sulfonamides is 1. The van der Waals surface area contributed by atoms with E-state index in [1.165, 1.54) is 12.4 Å². The van der Waals surface area contributed by atoms with E-state index in [9.17, 15) is 8.42 Å². The van der Waals surface area contributed by atoms with E-state index in [1.807, 2.05) is 6.92 Å². The van der Waals surface area contributed by atoms with Crippen molar-refractivity contribution in [2.45, 2.75) is 36.7 Å². The van der Waals surface area contributed by atoms with E-state index in [4.69, 9.17) is 11.6 Å². The molecule has 20 heavy (non-hydrogen) atoms. The molecule has 2 unspecified atom stereocenters. The summed E-state index contributed by atoms with van der Waals surface area (Å²) in [6, 6.07) is 0.305. The van der Waals surface area contributed by atoms with E-state index >= 15 is 0 Å². The van der Waals surface area contributed by atoms with E-state index in [0.717, 1.165) is 25.9 Å². The highest BCUT2D eigenvalue weighted by atomic mass is 35.5. The molecule has 6 nitrogen and oxygen atoms in total. The van der Waals surface area contributed by atoms with Gasteiger partial charge in [-0.05, 0) is 37.9 Å². The standard InChI is InChI=1S/C12H17ClN4O2S/c1-9-7-16-4-2-3-10(16)8-17(9)20(18,19)11-5-14-12(13)15-6-11/h5-6,9-10H,2-4,7-8H2,1H3. The minimum Gasteiger partial charge on any atom is -0.297 e. The van der Waals surface area contributed by atoms with Crippen LogP contribution in [0.5, 0.6) is 0 Å². The smallest absolute Gasteiger partial charge is 0.246 e. The van der Waals surface area contributed by atoms with Gasteiger partial charge < -0.3 is 0 Å². The van der Waals surface area contributed by atoms with E-state index in [0.29, 0.717) is 12.6 Å². The molecule has 8 heteroatoms. The van der Waals surface area contributed by atoms with Crippen LogP contribution in [0.2, 0.25) is 5.28 Å². The number of nitrogens with zero attached hydrogens (tertiary/aromatic N) is 4. The summed E-state index contributed by atoms with van der Waals surface area (Å²) < 4.78 is 26.9. The van der Waals surface area contributed by atoms with Gasteiger partial charge in [-0.2, -0.15) is 4.31 Å². The molecule has 0 saturated carbocycles. The summed E-state index contributed by atoms with van der Waals surface area (Å²) in [5.41, 5.74) is 0. The Morgan fingerprint density at radius 1 is 1.30 bits per heavy atom. The summed E-state index contributed by atoms with van der Waals surface area (Å²) in [5.74, 6) is 0. The van der Waals surface area contributed by atoms with Crippen molar-refractivity contribution >= 4 is 21.6 Å². The van der Waals surface area contributed by atoms with Crippen LogP contribution in [0, 0.1) is 0 Å². The first kappa shape index (κ1) is 14.2. The Bertz CT molecular complexity index is 592. The number of hydrogen-bond acceptors (Lipinski definition) is 5. The third-order valence-electron chi connectivity index (χ3n) is 4.08. The van der Waals surface area contributed by atoms with Gasteiger partial charge in [-0.15, -0.1) is 0 Å². The predicted molar refractivity (Wildman–Crippen MR) is 75.0 cm³/mol. The molecule has 2 saturated heterocycles. The predicted octanol–water partition coefficient (Wildman–Crippen LogP) is 0.987. The lowest BCUT2D eigenvalue weighted by molar-refractivity contribution is 0.117. The van der Waals surface area contributed by atoms with E-state index in [1.54, 1.807) is 4.31 Å². The quantitative estimate of drug-likeness (QED) is 0.761. The molecule has 0 bridgehead atoms. The molecule has 0 aromatic carbocycles. The summed E-state index contributed by atoms with van der Waals surface area (Å²) in [4.78, 5) is 10.0. The maximum absolute atomic E-state index is 12.7. The number of piperazine rings is 1.